The van der Waals surface area contributed by atoms with Crippen molar-refractivity contribution in [2.75, 3.05) is 0 Å². The zero-order chi connectivity index (χ0) is 7.56. The van der Waals surface area contributed by atoms with Crippen molar-refractivity contribution in [1.29, 1.82) is 0 Å². The van der Waals surface area contributed by atoms with Crippen molar-refractivity contribution in [1.82, 2.24) is 5.90 Å². The Balaban J connectivity index is 3.17. The molecule has 0 aliphatic carbocycles. The Labute approximate surface area is 60.6 Å². The smallest absolute Gasteiger partial charge is 0.154 e. The van der Waals surface area contributed by atoms with Gasteiger partial charge in [0.05, 0.1) is 0 Å². The van der Waals surface area contributed by atoms with Crippen LogP contribution in [0.4, 0.5) is 0 Å². The molecule has 0 heterocycles. The molecule has 0 spiro atoms. The zero-order valence-corrected chi connectivity index (χ0v) is 6.14. The highest BCUT2D eigenvalue weighted by atomic mass is 16.6. The summed E-state index contributed by atoms with van der Waals surface area (Å²) in [6, 6.07) is 5.81. The second-order valence-corrected chi connectivity index (χ2v) is 2.32. The Kier molecular flexibility index (Phi) is 1.92. The third-order valence-corrected chi connectivity index (χ3v) is 1.51. The third-order valence-electron chi connectivity index (χ3n) is 1.51. The van der Waals surface area contributed by atoms with Crippen molar-refractivity contribution < 1.29 is 4.84 Å². The largest absolute Gasteiger partial charge is 0.391 e. The van der Waals surface area contributed by atoms with E-state index in [9.17, 15) is 0 Å². The van der Waals surface area contributed by atoms with Gasteiger partial charge in [-0.15, -0.1) is 0 Å². The van der Waals surface area contributed by atoms with Crippen LogP contribution in [0.2, 0.25) is 0 Å². The summed E-state index contributed by atoms with van der Waals surface area (Å²) in [7, 11) is 0. The summed E-state index contributed by atoms with van der Waals surface area (Å²) < 4.78 is 0. The number of benzene rings is 1. The van der Waals surface area contributed by atoms with Crippen LogP contribution >= 0.6 is 0 Å². The molecule has 1 aromatic rings. The lowest BCUT2D eigenvalue weighted by Gasteiger charge is -2.03. The van der Waals surface area contributed by atoms with Crippen molar-refractivity contribution >= 4 is 0 Å². The highest BCUT2D eigenvalue weighted by Crippen LogP contribution is 2.20. The molecule has 1 aromatic carbocycles. The molecule has 1 radical (unpaired) electrons. The summed E-state index contributed by atoms with van der Waals surface area (Å²) in [5, 5.41) is 0. The molecule has 0 fully saturated rings. The molecule has 2 nitrogen and oxygen atoms in total. The fourth-order valence-electron chi connectivity index (χ4n) is 0.960. The Morgan fingerprint density at radius 2 is 1.70 bits per heavy atom. The van der Waals surface area contributed by atoms with Crippen molar-refractivity contribution in [3.8, 4) is 5.75 Å². The zero-order valence-electron chi connectivity index (χ0n) is 6.14. The first-order chi connectivity index (χ1) is 4.75. The van der Waals surface area contributed by atoms with Gasteiger partial charge in [0.25, 0.3) is 0 Å². The molecular formula is C8H10NO. The normalized spacial score (nSPS) is 9.50. The number of para-hydroxylation sites is 1. The first kappa shape index (κ1) is 7.09. The molecule has 0 atom stereocenters. The average Bonchev–Trinajstić information content (AvgIpc) is 1.88. The maximum atomic E-state index is 6.73. The van der Waals surface area contributed by atoms with Gasteiger partial charge in [0.15, 0.2) is 5.75 Å². The van der Waals surface area contributed by atoms with Crippen LogP contribution in [-0.2, 0) is 0 Å². The molecule has 0 saturated carbocycles. The lowest BCUT2D eigenvalue weighted by molar-refractivity contribution is 0.304. The third kappa shape index (κ3) is 1.11. The van der Waals surface area contributed by atoms with Crippen molar-refractivity contribution in [3.63, 3.8) is 0 Å². The first-order valence-electron chi connectivity index (χ1n) is 3.15. The summed E-state index contributed by atoms with van der Waals surface area (Å²) >= 11 is 0. The summed E-state index contributed by atoms with van der Waals surface area (Å²) in [5.74, 6) is 7.39. The lowest BCUT2D eigenvalue weighted by Crippen LogP contribution is -1.92. The lowest BCUT2D eigenvalue weighted by atomic mass is 10.1. The molecule has 0 bridgehead atoms. The van der Waals surface area contributed by atoms with E-state index in [0.717, 1.165) is 11.1 Å². The van der Waals surface area contributed by atoms with E-state index < -0.39 is 0 Å². The van der Waals surface area contributed by atoms with Gasteiger partial charge in [-0.25, -0.2) is 0 Å². The molecule has 2 heteroatoms. The van der Waals surface area contributed by atoms with Gasteiger partial charge < -0.3 is 4.84 Å². The molecule has 53 valence electrons. The predicted octanol–water partition coefficient (Wildman–Crippen LogP) is 1.88. The first-order valence-corrected chi connectivity index (χ1v) is 3.15. The standard InChI is InChI=1S/C8H10NO/c1-6-4-3-5-7(2)8(6)10-9/h3-5,9H,1-2H3. The molecule has 0 amide bonds. The summed E-state index contributed by atoms with van der Waals surface area (Å²) in [6.07, 6.45) is 0. The van der Waals surface area contributed by atoms with Crippen LogP contribution in [0.5, 0.6) is 5.75 Å². The van der Waals surface area contributed by atoms with Gasteiger partial charge in [0, 0.05) is 0 Å². The van der Waals surface area contributed by atoms with E-state index in [1.54, 1.807) is 0 Å². The fraction of sp³-hybridized carbons (Fsp3) is 0.250. The van der Waals surface area contributed by atoms with Crippen LogP contribution in [-0.4, -0.2) is 0 Å². The van der Waals surface area contributed by atoms with Gasteiger partial charge in [0.1, 0.15) is 0 Å². The quantitative estimate of drug-likeness (QED) is 0.542. The van der Waals surface area contributed by atoms with Gasteiger partial charge in [-0.05, 0) is 25.0 Å². The summed E-state index contributed by atoms with van der Waals surface area (Å²) in [6.45, 7) is 3.85. The van der Waals surface area contributed by atoms with Gasteiger partial charge in [0.2, 0.25) is 0 Å². The monoisotopic (exact) mass is 136 g/mol. The van der Waals surface area contributed by atoms with Gasteiger partial charge in [-0.3, -0.25) is 0 Å². The molecule has 1 rings (SSSR count). The molecule has 0 aliphatic rings. The van der Waals surface area contributed by atoms with Crippen LogP contribution in [0.1, 0.15) is 11.1 Å². The van der Waals surface area contributed by atoms with Gasteiger partial charge >= 0.3 is 0 Å². The van der Waals surface area contributed by atoms with E-state index in [2.05, 4.69) is 4.84 Å². The Morgan fingerprint density at radius 1 is 1.20 bits per heavy atom. The second kappa shape index (κ2) is 2.71. The SMILES string of the molecule is Cc1cccc(C)c1O[NH]. The number of hydrogen-bond donors (Lipinski definition) is 0. The molecule has 0 aliphatic heterocycles. The van der Waals surface area contributed by atoms with E-state index in [4.69, 9.17) is 5.90 Å². The van der Waals surface area contributed by atoms with E-state index in [1.807, 2.05) is 32.0 Å². The molecule has 0 aromatic heterocycles. The van der Waals surface area contributed by atoms with Gasteiger partial charge in [-0.1, -0.05) is 24.1 Å². The minimum absolute atomic E-state index is 0.669. The maximum Gasteiger partial charge on any atom is 0.154 e. The van der Waals surface area contributed by atoms with E-state index in [1.165, 1.54) is 0 Å². The van der Waals surface area contributed by atoms with Crippen LogP contribution in [0.25, 0.3) is 0 Å². The molecule has 0 unspecified atom stereocenters. The molecular weight excluding hydrogens is 126 g/mol. The summed E-state index contributed by atoms with van der Waals surface area (Å²) in [4.78, 5) is 4.43. The number of nitrogens with one attached hydrogen (secondary N) is 1. The number of rotatable bonds is 1. The van der Waals surface area contributed by atoms with Crippen LogP contribution in [0.15, 0.2) is 18.2 Å². The van der Waals surface area contributed by atoms with E-state index in [-0.39, 0.29) is 0 Å². The van der Waals surface area contributed by atoms with Crippen molar-refractivity contribution in [3.05, 3.63) is 29.3 Å². The van der Waals surface area contributed by atoms with Crippen molar-refractivity contribution in [2.24, 2.45) is 0 Å². The average molecular weight is 136 g/mol. The molecule has 0 saturated heterocycles. The van der Waals surface area contributed by atoms with Crippen LogP contribution in [0, 0.1) is 13.8 Å². The minimum Gasteiger partial charge on any atom is -0.391 e. The highest BCUT2D eigenvalue weighted by molar-refractivity contribution is 5.39. The Hall–Kier alpha value is -1.02. The second-order valence-electron chi connectivity index (χ2n) is 2.32. The Morgan fingerprint density at radius 3 is 2.00 bits per heavy atom. The van der Waals surface area contributed by atoms with Crippen LogP contribution < -0.4 is 10.7 Å². The molecule has 10 heavy (non-hydrogen) atoms. The topological polar surface area (TPSA) is 33.0 Å². The fourth-order valence-corrected chi connectivity index (χ4v) is 0.960. The van der Waals surface area contributed by atoms with Crippen molar-refractivity contribution in [2.45, 2.75) is 13.8 Å². The maximum absolute atomic E-state index is 6.73. The molecule has 1 N–H and O–H groups in total. The van der Waals surface area contributed by atoms with Crippen LogP contribution in [0.3, 0.4) is 0 Å². The highest BCUT2D eigenvalue weighted by Gasteiger charge is 1.99. The van der Waals surface area contributed by atoms with E-state index in [0.29, 0.717) is 5.75 Å². The predicted molar refractivity (Wildman–Crippen MR) is 39.6 cm³/mol. The van der Waals surface area contributed by atoms with Gasteiger partial charge in [-0.2, -0.15) is 0 Å². The summed E-state index contributed by atoms with van der Waals surface area (Å²) in [5.41, 5.74) is 2.02. The van der Waals surface area contributed by atoms with E-state index >= 15 is 0 Å². The number of aryl methyl sites for hydroxylation is 2. The minimum atomic E-state index is 0.669. The Bertz CT molecular complexity index is 212. The number of hydrogen-bond acceptors (Lipinski definition) is 1.